The highest BCUT2D eigenvalue weighted by Crippen LogP contribution is 2.33. The third kappa shape index (κ3) is 3.71. The number of imidazole rings is 1. The van der Waals surface area contributed by atoms with Gasteiger partial charge in [0, 0.05) is 45.0 Å². The number of sulfonamides is 1. The van der Waals surface area contributed by atoms with Crippen molar-refractivity contribution in [2.75, 3.05) is 6.26 Å². The third-order valence-corrected chi connectivity index (χ3v) is 6.41. The summed E-state index contributed by atoms with van der Waals surface area (Å²) in [7, 11) is -4.85. The van der Waals surface area contributed by atoms with Crippen molar-refractivity contribution in [2.45, 2.75) is 16.7 Å². The molecule has 0 fully saturated rings. The standard InChI is InChI=1S/C20H18N4O3S2/c1-13-11-12-24-19(15-5-9-17(10-6-15)29(21,26)27)18(23-20(24)22-13)14-3-7-16(8-4-14)28(2)25/h3-12H,1-2H3,(H2,21,26,27). The Kier molecular flexibility index (Phi) is 4.81. The zero-order chi connectivity index (χ0) is 20.8. The van der Waals surface area contributed by atoms with Crippen LogP contribution in [0, 0.1) is 6.92 Å². The summed E-state index contributed by atoms with van der Waals surface area (Å²) in [5, 5.41) is 5.21. The molecule has 0 radical (unpaired) electrons. The van der Waals surface area contributed by atoms with E-state index < -0.39 is 20.8 Å². The normalized spacial score (nSPS) is 12.9. The van der Waals surface area contributed by atoms with Gasteiger partial charge < -0.3 is 0 Å². The van der Waals surface area contributed by atoms with Crippen LogP contribution in [0.15, 0.2) is 70.6 Å². The van der Waals surface area contributed by atoms with E-state index in [-0.39, 0.29) is 4.90 Å². The molecule has 0 amide bonds. The molecule has 148 valence electrons. The smallest absolute Gasteiger partial charge is 0.238 e. The number of benzene rings is 2. The first-order valence-electron chi connectivity index (χ1n) is 8.67. The molecular weight excluding hydrogens is 408 g/mol. The fraction of sp³-hybridized carbons (Fsp3) is 0.100. The summed E-state index contributed by atoms with van der Waals surface area (Å²) in [6, 6.07) is 15.6. The molecule has 2 aromatic carbocycles. The van der Waals surface area contributed by atoms with Crippen LogP contribution in [0.4, 0.5) is 0 Å². The second-order valence-corrected chi connectivity index (χ2v) is 9.54. The monoisotopic (exact) mass is 426 g/mol. The van der Waals surface area contributed by atoms with Gasteiger partial charge >= 0.3 is 0 Å². The minimum absolute atomic E-state index is 0.0420. The summed E-state index contributed by atoms with van der Waals surface area (Å²) in [6.07, 6.45) is 3.51. The number of nitrogens with two attached hydrogens (primary N) is 1. The molecule has 0 aliphatic carbocycles. The van der Waals surface area contributed by atoms with Gasteiger partial charge in [0.2, 0.25) is 15.8 Å². The van der Waals surface area contributed by atoms with E-state index in [9.17, 15) is 12.6 Å². The number of aryl methyl sites for hydroxylation is 1. The Bertz CT molecular complexity index is 1340. The fourth-order valence-electron chi connectivity index (χ4n) is 3.10. The van der Waals surface area contributed by atoms with Crippen LogP contribution in [0.2, 0.25) is 0 Å². The molecule has 0 saturated carbocycles. The molecule has 1 unspecified atom stereocenters. The van der Waals surface area contributed by atoms with Crippen molar-refractivity contribution in [3.8, 4) is 22.5 Å². The van der Waals surface area contributed by atoms with Crippen molar-refractivity contribution >= 4 is 26.6 Å². The Hall–Kier alpha value is -2.88. The summed E-state index contributed by atoms with van der Waals surface area (Å²) in [4.78, 5) is 9.97. The molecule has 2 N–H and O–H groups in total. The predicted octanol–water partition coefficient (Wildman–Crippen LogP) is 2.76. The Morgan fingerprint density at radius 2 is 1.55 bits per heavy atom. The number of rotatable bonds is 4. The van der Waals surface area contributed by atoms with E-state index in [0.29, 0.717) is 11.5 Å². The van der Waals surface area contributed by atoms with Gasteiger partial charge in [-0.3, -0.25) is 8.61 Å². The van der Waals surface area contributed by atoms with E-state index >= 15 is 0 Å². The summed E-state index contributed by atoms with van der Waals surface area (Å²) in [6.45, 7) is 1.89. The van der Waals surface area contributed by atoms with Gasteiger partial charge in [-0.25, -0.2) is 23.5 Å². The number of nitrogens with zero attached hydrogens (tertiary/aromatic N) is 3. The average molecular weight is 427 g/mol. The highest BCUT2D eigenvalue weighted by Gasteiger charge is 2.18. The molecule has 0 aliphatic rings. The van der Waals surface area contributed by atoms with E-state index in [2.05, 4.69) is 4.98 Å². The van der Waals surface area contributed by atoms with Crippen molar-refractivity contribution in [3.05, 3.63) is 66.5 Å². The molecule has 0 bridgehead atoms. The molecule has 4 rings (SSSR count). The van der Waals surface area contributed by atoms with Gasteiger partial charge in [0.25, 0.3) is 0 Å². The lowest BCUT2D eigenvalue weighted by molar-refractivity contribution is 0.598. The molecule has 0 aliphatic heterocycles. The van der Waals surface area contributed by atoms with Gasteiger partial charge in [-0.1, -0.05) is 24.3 Å². The van der Waals surface area contributed by atoms with Crippen LogP contribution in [0.1, 0.15) is 5.69 Å². The van der Waals surface area contributed by atoms with E-state index in [1.165, 1.54) is 12.1 Å². The number of aromatic nitrogens is 3. The van der Waals surface area contributed by atoms with Crippen LogP contribution in [0.5, 0.6) is 0 Å². The zero-order valence-electron chi connectivity index (χ0n) is 15.7. The Morgan fingerprint density at radius 1 is 0.931 bits per heavy atom. The van der Waals surface area contributed by atoms with Crippen molar-refractivity contribution in [3.63, 3.8) is 0 Å². The maximum atomic E-state index is 11.7. The quantitative estimate of drug-likeness (QED) is 0.540. The molecule has 7 nitrogen and oxygen atoms in total. The maximum Gasteiger partial charge on any atom is 0.238 e. The number of primary sulfonamides is 1. The minimum Gasteiger partial charge on any atom is -0.283 e. The minimum atomic E-state index is -3.78. The molecular formula is C20H18N4O3S2. The third-order valence-electron chi connectivity index (χ3n) is 4.55. The van der Waals surface area contributed by atoms with E-state index in [1.54, 1.807) is 18.4 Å². The zero-order valence-corrected chi connectivity index (χ0v) is 17.4. The topological polar surface area (TPSA) is 107 Å². The highest BCUT2D eigenvalue weighted by atomic mass is 32.2. The lowest BCUT2D eigenvalue weighted by Crippen LogP contribution is -2.11. The highest BCUT2D eigenvalue weighted by molar-refractivity contribution is 7.89. The number of hydrogen-bond acceptors (Lipinski definition) is 5. The molecule has 0 spiro atoms. The van der Waals surface area contributed by atoms with Crippen LogP contribution in [-0.4, -0.2) is 33.3 Å². The Labute approximate surface area is 170 Å². The van der Waals surface area contributed by atoms with Gasteiger partial charge in [0.1, 0.15) is 0 Å². The molecule has 1 atom stereocenters. The number of hydrogen-bond donors (Lipinski definition) is 1. The number of fused-ring (bicyclic) bond motifs is 1. The Morgan fingerprint density at radius 3 is 2.14 bits per heavy atom. The first-order chi connectivity index (χ1) is 13.7. The Balaban J connectivity index is 1.94. The molecule has 9 heteroatoms. The second-order valence-electron chi connectivity index (χ2n) is 6.60. The van der Waals surface area contributed by atoms with Crippen LogP contribution in [-0.2, 0) is 20.8 Å². The van der Waals surface area contributed by atoms with E-state index in [0.717, 1.165) is 27.4 Å². The van der Waals surface area contributed by atoms with Crippen molar-refractivity contribution in [1.29, 1.82) is 0 Å². The van der Waals surface area contributed by atoms with Crippen LogP contribution < -0.4 is 5.14 Å². The molecule has 29 heavy (non-hydrogen) atoms. The van der Waals surface area contributed by atoms with Crippen LogP contribution >= 0.6 is 0 Å². The summed E-state index contributed by atoms with van der Waals surface area (Å²) < 4.78 is 36.7. The van der Waals surface area contributed by atoms with Crippen molar-refractivity contribution in [1.82, 2.24) is 14.4 Å². The maximum absolute atomic E-state index is 11.7. The van der Waals surface area contributed by atoms with Crippen molar-refractivity contribution in [2.24, 2.45) is 5.14 Å². The molecule has 2 heterocycles. The van der Waals surface area contributed by atoms with Crippen LogP contribution in [0.25, 0.3) is 28.3 Å². The first-order valence-corrected chi connectivity index (χ1v) is 11.8. The molecule has 2 aromatic heterocycles. The second kappa shape index (κ2) is 7.18. The first kappa shape index (κ1) is 19.4. The van der Waals surface area contributed by atoms with Gasteiger partial charge in [-0.2, -0.15) is 0 Å². The summed E-state index contributed by atoms with van der Waals surface area (Å²) in [5.74, 6) is 0.536. The van der Waals surface area contributed by atoms with Gasteiger partial charge in [-0.05, 0) is 37.3 Å². The molecule has 0 saturated heterocycles. The lowest BCUT2D eigenvalue weighted by atomic mass is 10.0. The SMILES string of the molecule is Cc1ccn2c(-c3ccc(S(N)(=O)=O)cc3)c(-c3ccc(S(C)=O)cc3)nc2n1. The van der Waals surface area contributed by atoms with Crippen LogP contribution in [0.3, 0.4) is 0 Å². The van der Waals surface area contributed by atoms with E-state index in [4.69, 9.17) is 10.1 Å². The lowest BCUT2D eigenvalue weighted by Gasteiger charge is -2.07. The average Bonchev–Trinajstić information content (AvgIpc) is 3.06. The van der Waals surface area contributed by atoms with Crippen molar-refractivity contribution < 1.29 is 12.6 Å². The fourth-order valence-corrected chi connectivity index (χ4v) is 4.14. The predicted molar refractivity (Wildman–Crippen MR) is 112 cm³/mol. The molecule has 4 aromatic rings. The van der Waals surface area contributed by atoms with E-state index in [1.807, 2.05) is 47.9 Å². The summed E-state index contributed by atoms with van der Waals surface area (Å²) in [5.41, 5.74) is 3.92. The largest absolute Gasteiger partial charge is 0.283 e. The summed E-state index contributed by atoms with van der Waals surface area (Å²) >= 11 is 0. The van der Waals surface area contributed by atoms with Gasteiger partial charge in [0.05, 0.1) is 16.3 Å². The van der Waals surface area contributed by atoms with Gasteiger partial charge in [0.15, 0.2) is 0 Å². The van der Waals surface area contributed by atoms with Gasteiger partial charge in [-0.15, -0.1) is 0 Å².